The Morgan fingerprint density at radius 2 is 2.25 bits per heavy atom. The van der Waals surface area contributed by atoms with E-state index < -0.39 is 6.01 Å². The molecule has 0 amide bonds. The molecular weight excluding hydrogens is 287 g/mol. The number of fused-ring (bicyclic) bond motifs is 1. The smallest absolute Gasteiger partial charge is 0.278 e. The molecule has 3 aromatic rings. The van der Waals surface area contributed by atoms with Crippen molar-refractivity contribution in [3.8, 4) is 0 Å². The molecule has 8 heteroatoms. The third-order valence-electron chi connectivity index (χ3n) is 2.71. The zero-order valence-corrected chi connectivity index (χ0v) is 10.8. The Labute approximate surface area is 117 Å². The van der Waals surface area contributed by atoms with E-state index in [1.54, 1.807) is 18.2 Å². The second-order valence-electron chi connectivity index (χ2n) is 4.10. The van der Waals surface area contributed by atoms with Crippen LogP contribution in [-0.4, -0.2) is 26.0 Å². The van der Waals surface area contributed by atoms with Gasteiger partial charge in [-0.3, -0.25) is 4.79 Å². The molecule has 0 aliphatic rings. The predicted octanol–water partition coefficient (Wildman–Crippen LogP) is 2.18. The highest BCUT2D eigenvalue weighted by molar-refractivity contribution is 6.16. The number of nitrogens with zero attached hydrogens (tertiary/aromatic N) is 4. The summed E-state index contributed by atoms with van der Waals surface area (Å²) in [6, 6.07) is 5.21. The van der Waals surface area contributed by atoms with E-state index in [1.807, 2.05) is 0 Å². The lowest BCUT2D eigenvalue weighted by Gasteiger charge is -1.99. The number of alkyl halides is 1. The van der Waals surface area contributed by atoms with Gasteiger partial charge in [0.2, 0.25) is 0 Å². The Morgan fingerprint density at radius 1 is 1.40 bits per heavy atom. The second-order valence-corrected chi connectivity index (χ2v) is 4.36. The topological polar surface area (TPSA) is 73.8 Å². The Hall–Kier alpha value is -2.28. The summed E-state index contributed by atoms with van der Waals surface area (Å²) in [6.45, 7) is -0.0598. The van der Waals surface area contributed by atoms with Crippen molar-refractivity contribution in [1.29, 1.82) is 0 Å². The van der Waals surface area contributed by atoms with Crippen LogP contribution in [0.3, 0.4) is 0 Å². The van der Waals surface area contributed by atoms with Crippen LogP contribution in [0, 0.1) is 6.01 Å². The number of hydrogen-bond donors (Lipinski definition) is 0. The van der Waals surface area contributed by atoms with Crippen LogP contribution < -0.4 is 0 Å². The average molecular weight is 295 g/mol. The summed E-state index contributed by atoms with van der Waals surface area (Å²) >= 11 is 5.55. The molecule has 0 bridgehead atoms. The molecule has 0 N–H and O–H groups in total. The van der Waals surface area contributed by atoms with Crippen molar-refractivity contribution in [3.63, 3.8) is 0 Å². The van der Waals surface area contributed by atoms with Crippen molar-refractivity contribution in [3.05, 3.63) is 41.7 Å². The van der Waals surface area contributed by atoms with Crippen molar-refractivity contribution in [1.82, 2.24) is 20.2 Å². The number of furan rings is 1. The largest absolute Gasteiger partial charge is 0.431 e. The molecule has 2 heterocycles. The summed E-state index contributed by atoms with van der Waals surface area (Å²) in [6.07, 6.45) is 0. The molecule has 0 aliphatic carbocycles. The molecule has 0 atom stereocenters. The van der Waals surface area contributed by atoms with Gasteiger partial charge in [-0.25, -0.2) is 0 Å². The maximum absolute atomic E-state index is 12.9. The average Bonchev–Trinajstić information content (AvgIpc) is 3.02. The highest BCUT2D eigenvalue weighted by atomic mass is 35.5. The van der Waals surface area contributed by atoms with Gasteiger partial charge in [0.25, 0.3) is 6.01 Å². The predicted molar refractivity (Wildman–Crippen MR) is 67.9 cm³/mol. The molecule has 102 valence electrons. The maximum atomic E-state index is 12.9. The van der Waals surface area contributed by atoms with Crippen molar-refractivity contribution < 1.29 is 13.6 Å². The van der Waals surface area contributed by atoms with E-state index in [0.717, 1.165) is 0 Å². The Morgan fingerprint density at radius 3 is 3.00 bits per heavy atom. The van der Waals surface area contributed by atoms with E-state index in [2.05, 4.69) is 15.4 Å². The first kappa shape index (κ1) is 12.7. The lowest BCUT2D eigenvalue weighted by Crippen LogP contribution is -2.13. The number of tetrazole rings is 1. The minimum absolute atomic E-state index is 0.0598. The monoisotopic (exact) mass is 294 g/mol. The molecule has 2 aromatic heterocycles. The maximum Gasteiger partial charge on any atom is 0.278 e. The Balaban J connectivity index is 1.84. The number of halogens is 2. The van der Waals surface area contributed by atoms with Crippen molar-refractivity contribution >= 4 is 28.4 Å². The summed E-state index contributed by atoms with van der Waals surface area (Å²) < 4.78 is 17.8. The molecule has 0 saturated heterocycles. The van der Waals surface area contributed by atoms with Gasteiger partial charge in [-0.15, -0.1) is 21.8 Å². The SMILES string of the molecule is O=C(Cn1nnc(CCl)n1)c1ccc2oc(F)cc2c1. The van der Waals surface area contributed by atoms with Gasteiger partial charge in [-0.2, -0.15) is 9.19 Å². The summed E-state index contributed by atoms with van der Waals surface area (Å²) in [5.74, 6) is 0.271. The van der Waals surface area contributed by atoms with E-state index in [0.29, 0.717) is 22.4 Å². The number of Topliss-reactive ketones (excluding diaryl/α,β-unsaturated/α-hetero) is 1. The number of rotatable bonds is 4. The minimum atomic E-state index is -0.686. The number of ketones is 1. The molecule has 6 nitrogen and oxygen atoms in total. The fourth-order valence-electron chi connectivity index (χ4n) is 1.80. The third kappa shape index (κ3) is 2.39. The van der Waals surface area contributed by atoms with Gasteiger partial charge in [-0.1, -0.05) is 0 Å². The van der Waals surface area contributed by atoms with Gasteiger partial charge in [0.15, 0.2) is 11.6 Å². The standard InChI is InChI=1S/C12H8ClFN4O2/c13-5-12-15-17-18(16-12)6-9(19)7-1-2-10-8(3-7)4-11(14)20-10/h1-4H,5-6H2. The van der Waals surface area contributed by atoms with E-state index >= 15 is 0 Å². The molecule has 20 heavy (non-hydrogen) atoms. The molecule has 0 saturated carbocycles. The van der Waals surface area contributed by atoms with Crippen LogP contribution in [0.25, 0.3) is 11.0 Å². The third-order valence-corrected chi connectivity index (χ3v) is 2.95. The van der Waals surface area contributed by atoms with Crippen LogP contribution in [0.2, 0.25) is 0 Å². The van der Waals surface area contributed by atoms with E-state index in [4.69, 9.17) is 16.0 Å². The van der Waals surface area contributed by atoms with Crippen LogP contribution in [0.1, 0.15) is 16.2 Å². The van der Waals surface area contributed by atoms with Crippen LogP contribution in [0.15, 0.2) is 28.7 Å². The van der Waals surface area contributed by atoms with Gasteiger partial charge in [0, 0.05) is 17.0 Å². The number of carbonyl (C=O) groups is 1. The molecule has 0 unspecified atom stereocenters. The highest BCUT2D eigenvalue weighted by Gasteiger charge is 2.12. The number of benzene rings is 1. The zero-order valence-electron chi connectivity index (χ0n) is 10.1. The van der Waals surface area contributed by atoms with Crippen molar-refractivity contribution in [2.24, 2.45) is 0 Å². The quantitative estimate of drug-likeness (QED) is 0.544. The van der Waals surface area contributed by atoms with E-state index in [1.165, 1.54) is 10.9 Å². The van der Waals surface area contributed by atoms with Crippen LogP contribution in [-0.2, 0) is 12.4 Å². The molecular formula is C12H8ClFN4O2. The minimum Gasteiger partial charge on any atom is -0.431 e. The first-order valence-electron chi connectivity index (χ1n) is 5.70. The lowest BCUT2D eigenvalue weighted by atomic mass is 10.1. The van der Waals surface area contributed by atoms with E-state index in [9.17, 15) is 9.18 Å². The highest BCUT2D eigenvalue weighted by Crippen LogP contribution is 2.20. The number of carbonyl (C=O) groups excluding carboxylic acids is 1. The van der Waals surface area contributed by atoms with Gasteiger partial charge in [0.05, 0.1) is 5.88 Å². The molecule has 3 rings (SSSR count). The Bertz CT molecular complexity index is 783. The van der Waals surface area contributed by atoms with Crippen LogP contribution in [0.4, 0.5) is 4.39 Å². The number of hydrogen-bond acceptors (Lipinski definition) is 5. The Kier molecular flexibility index (Phi) is 3.19. The van der Waals surface area contributed by atoms with E-state index in [-0.39, 0.29) is 18.2 Å². The molecule has 0 aliphatic heterocycles. The summed E-state index contributed by atoms with van der Waals surface area (Å²) in [4.78, 5) is 13.2. The second kappa shape index (κ2) is 5.01. The number of aromatic nitrogens is 4. The molecule has 0 spiro atoms. The normalized spacial score (nSPS) is 11.1. The fourth-order valence-corrected chi connectivity index (χ4v) is 1.91. The van der Waals surface area contributed by atoms with Gasteiger partial charge in [-0.05, 0) is 23.4 Å². The molecule has 0 radical (unpaired) electrons. The molecule has 0 fully saturated rings. The van der Waals surface area contributed by atoms with Gasteiger partial charge < -0.3 is 4.42 Å². The van der Waals surface area contributed by atoms with Crippen LogP contribution in [0.5, 0.6) is 0 Å². The first-order valence-corrected chi connectivity index (χ1v) is 6.24. The van der Waals surface area contributed by atoms with Gasteiger partial charge in [0.1, 0.15) is 12.1 Å². The zero-order chi connectivity index (χ0) is 14.1. The summed E-state index contributed by atoms with van der Waals surface area (Å²) in [5.41, 5.74) is 0.811. The summed E-state index contributed by atoms with van der Waals surface area (Å²) in [7, 11) is 0. The molecule has 1 aromatic carbocycles. The first-order chi connectivity index (χ1) is 9.65. The lowest BCUT2D eigenvalue weighted by molar-refractivity contribution is 0.0961. The van der Waals surface area contributed by atoms with Gasteiger partial charge >= 0.3 is 0 Å². The van der Waals surface area contributed by atoms with Crippen molar-refractivity contribution in [2.45, 2.75) is 12.4 Å². The fraction of sp³-hybridized carbons (Fsp3) is 0.167. The van der Waals surface area contributed by atoms with Crippen molar-refractivity contribution in [2.75, 3.05) is 0 Å². The summed E-state index contributed by atoms with van der Waals surface area (Å²) in [5, 5.41) is 11.8. The van der Waals surface area contributed by atoms with Crippen LogP contribution >= 0.6 is 11.6 Å².